The second-order valence-corrected chi connectivity index (χ2v) is 11.0. The Labute approximate surface area is 254 Å². The summed E-state index contributed by atoms with van der Waals surface area (Å²) in [6, 6.07) is 27.1. The summed E-state index contributed by atoms with van der Waals surface area (Å²) >= 11 is 0. The van der Waals surface area contributed by atoms with Gasteiger partial charge < -0.3 is 14.8 Å². The molecule has 0 unspecified atom stereocenters. The fraction of sp³-hybridized carbons (Fsp3) is 0.447. The molecule has 0 saturated carbocycles. The van der Waals surface area contributed by atoms with E-state index in [1.165, 1.54) is 94.3 Å². The predicted octanol–water partition coefficient (Wildman–Crippen LogP) is 10.2. The van der Waals surface area contributed by atoms with E-state index in [0.717, 1.165) is 30.0 Å². The third-order valence-corrected chi connectivity index (χ3v) is 7.50. The molecule has 3 aromatic rings. The number of aryl methyl sites for hydroxylation is 1. The lowest BCUT2D eigenvalue weighted by atomic mass is 10.0. The number of unbranched alkanes of at least 4 members (excludes halogenated alkanes) is 11. The number of carbonyl (C=O) groups is 1. The van der Waals surface area contributed by atoms with Crippen LogP contribution in [0, 0.1) is 0 Å². The molecule has 0 spiro atoms. The molecule has 0 fully saturated rings. The molecule has 0 atom stereocenters. The van der Waals surface area contributed by atoms with Crippen LogP contribution in [0.25, 0.3) is 6.08 Å². The van der Waals surface area contributed by atoms with Crippen LogP contribution < -0.4 is 10.1 Å². The molecule has 0 aliphatic rings. The molecule has 0 aliphatic heterocycles. The quantitative estimate of drug-likeness (QED) is 0.0743. The monoisotopic (exact) mass is 569 g/mol. The van der Waals surface area contributed by atoms with E-state index in [0.29, 0.717) is 13.2 Å². The number of rotatable bonds is 22. The van der Waals surface area contributed by atoms with Crippen molar-refractivity contribution in [3.8, 4) is 5.75 Å². The van der Waals surface area contributed by atoms with Gasteiger partial charge in [0, 0.05) is 18.3 Å². The molecule has 3 aromatic carbocycles. The van der Waals surface area contributed by atoms with Gasteiger partial charge in [-0.15, -0.1) is 0 Å². The van der Waals surface area contributed by atoms with E-state index in [1.807, 2.05) is 37.3 Å². The van der Waals surface area contributed by atoms with Crippen molar-refractivity contribution in [2.45, 2.75) is 97.0 Å². The zero-order chi connectivity index (χ0) is 29.5. The normalized spacial score (nSPS) is 11.1. The SMILES string of the molecule is CCOC(=O)C=Cc1ccc(NCCCCCCCCCCCCCCc2ccc(OCc3ccccc3)cc2)cc1. The summed E-state index contributed by atoms with van der Waals surface area (Å²) in [4.78, 5) is 11.4. The molecule has 0 amide bonds. The average Bonchev–Trinajstić information content (AvgIpc) is 3.02. The number of hydrogen-bond acceptors (Lipinski definition) is 4. The summed E-state index contributed by atoms with van der Waals surface area (Å²) in [5.41, 5.74) is 4.73. The summed E-state index contributed by atoms with van der Waals surface area (Å²) in [6.45, 7) is 3.84. The minimum Gasteiger partial charge on any atom is -0.489 e. The van der Waals surface area contributed by atoms with Crippen LogP contribution in [0.2, 0.25) is 0 Å². The standard InChI is InChI=1S/C38H51NO3/c1-2-41-38(40)30-25-34-21-26-36(27-22-34)39-31-17-12-10-8-6-4-3-5-7-9-11-14-18-33-23-28-37(29-24-33)42-32-35-19-15-13-16-20-35/h13,15-16,19-30,39H,2-12,14,17-18,31-32H2,1H3. The molecule has 42 heavy (non-hydrogen) atoms. The lowest BCUT2D eigenvalue weighted by Gasteiger charge is -2.08. The molecule has 0 bridgehead atoms. The first-order valence-electron chi connectivity index (χ1n) is 16.2. The molecular weight excluding hydrogens is 518 g/mol. The van der Waals surface area contributed by atoms with Gasteiger partial charge in [-0.2, -0.15) is 0 Å². The number of nitrogens with one attached hydrogen (secondary N) is 1. The Morgan fingerprint density at radius 3 is 1.88 bits per heavy atom. The second-order valence-electron chi connectivity index (χ2n) is 11.0. The van der Waals surface area contributed by atoms with Crippen molar-refractivity contribution in [1.29, 1.82) is 0 Å². The summed E-state index contributed by atoms with van der Waals surface area (Å²) in [7, 11) is 0. The smallest absolute Gasteiger partial charge is 0.330 e. The minimum atomic E-state index is -0.300. The van der Waals surface area contributed by atoms with Crippen molar-refractivity contribution >= 4 is 17.7 Å². The number of ether oxygens (including phenoxy) is 2. The van der Waals surface area contributed by atoms with E-state index in [9.17, 15) is 4.79 Å². The van der Waals surface area contributed by atoms with E-state index < -0.39 is 0 Å². The summed E-state index contributed by atoms with van der Waals surface area (Å²) in [5.74, 6) is 0.646. The predicted molar refractivity (Wildman–Crippen MR) is 177 cm³/mol. The van der Waals surface area contributed by atoms with Crippen molar-refractivity contribution in [1.82, 2.24) is 0 Å². The number of anilines is 1. The largest absolute Gasteiger partial charge is 0.489 e. The third kappa shape index (κ3) is 14.9. The van der Waals surface area contributed by atoms with Gasteiger partial charge in [-0.25, -0.2) is 4.79 Å². The van der Waals surface area contributed by atoms with Gasteiger partial charge in [0.25, 0.3) is 0 Å². The molecule has 1 N–H and O–H groups in total. The molecule has 0 aromatic heterocycles. The first kappa shape index (κ1) is 33.0. The molecule has 226 valence electrons. The summed E-state index contributed by atoms with van der Waals surface area (Å²) in [6.07, 6.45) is 20.5. The lowest BCUT2D eigenvalue weighted by Crippen LogP contribution is -2.01. The highest BCUT2D eigenvalue weighted by molar-refractivity contribution is 5.87. The zero-order valence-corrected chi connectivity index (χ0v) is 25.7. The fourth-order valence-electron chi connectivity index (χ4n) is 5.01. The van der Waals surface area contributed by atoms with Crippen LogP contribution in [-0.4, -0.2) is 19.1 Å². The van der Waals surface area contributed by atoms with Gasteiger partial charge in [0.2, 0.25) is 0 Å². The molecule has 0 aliphatic carbocycles. The molecule has 3 rings (SSSR count). The minimum absolute atomic E-state index is 0.300. The maximum atomic E-state index is 11.4. The van der Waals surface area contributed by atoms with Gasteiger partial charge in [0.1, 0.15) is 12.4 Å². The van der Waals surface area contributed by atoms with Crippen molar-refractivity contribution in [3.05, 3.63) is 102 Å². The van der Waals surface area contributed by atoms with Crippen molar-refractivity contribution in [2.75, 3.05) is 18.5 Å². The maximum Gasteiger partial charge on any atom is 0.330 e. The van der Waals surface area contributed by atoms with Crippen molar-refractivity contribution in [3.63, 3.8) is 0 Å². The van der Waals surface area contributed by atoms with Gasteiger partial charge >= 0.3 is 5.97 Å². The van der Waals surface area contributed by atoms with E-state index in [2.05, 4.69) is 53.8 Å². The highest BCUT2D eigenvalue weighted by atomic mass is 16.5. The molecule has 0 heterocycles. The Hall–Kier alpha value is -3.53. The Kier molecular flexibility index (Phi) is 16.7. The third-order valence-electron chi connectivity index (χ3n) is 7.50. The zero-order valence-electron chi connectivity index (χ0n) is 25.7. The first-order chi connectivity index (χ1) is 20.7. The Balaban J connectivity index is 1.07. The van der Waals surface area contributed by atoms with Gasteiger partial charge in [-0.3, -0.25) is 0 Å². The van der Waals surface area contributed by atoms with Gasteiger partial charge in [0.05, 0.1) is 6.61 Å². The van der Waals surface area contributed by atoms with E-state index in [-0.39, 0.29) is 5.97 Å². The molecule has 4 heteroatoms. The molecule has 0 radical (unpaired) electrons. The van der Waals surface area contributed by atoms with Crippen LogP contribution in [0.15, 0.2) is 84.9 Å². The first-order valence-corrected chi connectivity index (χ1v) is 16.2. The number of hydrogen-bond donors (Lipinski definition) is 1. The summed E-state index contributed by atoms with van der Waals surface area (Å²) in [5, 5.41) is 3.50. The number of benzene rings is 3. The van der Waals surface area contributed by atoms with Crippen LogP contribution in [0.3, 0.4) is 0 Å². The van der Waals surface area contributed by atoms with Crippen molar-refractivity contribution in [2.24, 2.45) is 0 Å². The molecular formula is C38H51NO3. The van der Waals surface area contributed by atoms with Gasteiger partial charge in [-0.1, -0.05) is 119 Å². The van der Waals surface area contributed by atoms with Crippen molar-refractivity contribution < 1.29 is 14.3 Å². The maximum absolute atomic E-state index is 11.4. The van der Waals surface area contributed by atoms with E-state index in [1.54, 1.807) is 6.08 Å². The molecule has 4 nitrogen and oxygen atoms in total. The highest BCUT2D eigenvalue weighted by Gasteiger charge is 2.00. The number of carbonyl (C=O) groups excluding carboxylic acids is 1. The van der Waals surface area contributed by atoms with Gasteiger partial charge in [0.15, 0.2) is 0 Å². The number of esters is 1. The second kappa shape index (κ2) is 21.2. The lowest BCUT2D eigenvalue weighted by molar-refractivity contribution is -0.137. The van der Waals surface area contributed by atoms with E-state index in [4.69, 9.17) is 9.47 Å². The van der Waals surface area contributed by atoms with E-state index >= 15 is 0 Å². The van der Waals surface area contributed by atoms with Crippen LogP contribution >= 0.6 is 0 Å². The van der Waals surface area contributed by atoms with Crippen LogP contribution in [0.4, 0.5) is 5.69 Å². The Morgan fingerprint density at radius 2 is 1.26 bits per heavy atom. The molecule has 0 saturated heterocycles. The average molecular weight is 570 g/mol. The van der Waals surface area contributed by atoms with Gasteiger partial charge in [-0.05, 0) is 73.2 Å². The summed E-state index contributed by atoms with van der Waals surface area (Å²) < 4.78 is 10.8. The van der Waals surface area contributed by atoms with Crippen LogP contribution in [-0.2, 0) is 22.6 Å². The Morgan fingerprint density at radius 1 is 0.667 bits per heavy atom. The highest BCUT2D eigenvalue weighted by Crippen LogP contribution is 2.17. The van der Waals surface area contributed by atoms with Crippen LogP contribution in [0.5, 0.6) is 5.75 Å². The van der Waals surface area contributed by atoms with Crippen LogP contribution in [0.1, 0.15) is 101 Å². The fourth-order valence-corrected chi connectivity index (χ4v) is 5.01. The topological polar surface area (TPSA) is 47.6 Å². The Bertz CT molecular complexity index is 1120.